The Morgan fingerprint density at radius 2 is 1.88 bits per heavy atom. The first-order valence-corrected chi connectivity index (χ1v) is 8.32. The summed E-state index contributed by atoms with van der Waals surface area (Å²) in [6.07, 6.45) is -0.714. The topological polar surface area (TPSA) is 64.6 Å². The summed E-state index contributed by atoms with van der Waals surface area (Å²) in [4.78, 5) is 24.0. The maximum absolute atomic E-state index is 12.0. The van der Waals surface area contributed by atoms with Gasteiger partial charge in [-0.05, 0) is 24.6 Å². The summed E-state index contributed by atoms with van der Waals surface area (Å²) in [5.74, 6) is -0.584. The molecule has 0 fully saturated rings. The summed E-state index contributed by atoms with van der Waals surface area (Å²) in [6, 6.07) is 12.3. The van der Waals surface area contributed by atoms with Crippen molar-refractivity contribution >= 4 is 45.3 Å². The molecule has 0 aromatic heterocycles. The average Bonchev–Trinajstić information content (AvgIpc) is 2.56. The zero-order valence-electron chi connectivity index (χ0n) is 12.8. The predicted octanol–water partition coefficient (Wildman–Crippen LogP) is 5.03. The van der Waals surface area contributed by atoms with E-state index in [0.29, 0.717) is 4.47 Å². The third-order valence-electron chi connectivity index (χ3n) is 2.99. The van der Waals surface area contributed by atoms with Crippen LogP contribution in [0.25, 0.3) is 0 Å². The summed E-state index contributed by atoms with van der Waals surface area (Å²) in [6.45, 7) is 2.01. The second kappa shape index (κ2) is 8.70. The normalized spacial score (nSPS) is 10.1. The number of carbonyl (C=O) groups excluding carboxylic acids is 2. The zero-order valence-corrected chi connectivity index (χ0v) is 15.2. The molecular weight excluding hydrogens is 398 g/mol. The van der Waals surface area contributed by atoms with Gasteiger partial charge in [-0.15, -0.1) is 0 Å². The van der Waals surface area contributed by atoms with Gasteiger partial charge in [0, 0.05) is 4.47 Å². The lowest BCUT2D eigenvalue weighted by molar-refractivity contribution is 0.0527. The number of anilines is 1. The highest BCUT2D eigenvalue weighted by Gasteiger charge is 2.19. The van der Waals surface area contributed by atoms with Gasteiger partial charge in [-0.3, -0.25) is 5.32 Å². The molecule has 0 aliphatic carbocycles. The average molecular weight is 413 g/mol. The maximum Gasteiger partial charge on any atom is 0.412 e. The first-order valence-electron chi connectivity index (χ1n) is 7.15. The number of nitrogens with one attached hydrogen (secondary N) is 1. The molecule has 2 rings (SSSR count). The summed E-state index contributed by atoms with van der Waals surface area (Å²) in [5, 5.41) is 2.70. The van der Waals surface area contributed by atoms with E-state index in [2.05, 4.69) is 21.2 Å². The lowest BCUT2D eigenvalue weighted by atomic mass is 10.2. The fourth-order valence-corrected chi connectivity index (χ4v) is 2.79. The van der Waals surface area contributed by atoms with Crippen LogP contribution in [0, 0.1) is 0 Å². The van der Waals surface area contributed by atoms with Crippen molar-refractivity contribution in [2.45, 2.75) is 13.5 Å². The van der Waals surface area contributed by atoms with Crippen LogP contribution >= 0.6 is 27.5 Å². The number of carbonyl (C=O) groups is 2. The first-order chi connectivity index (χ1) is 11.5. The van der Waals surface area contributed by atoms with Crippen molar-refractivity contribution in [2.24, 2.45) is 0 Å². The van der Waals surface area contributed by atoms with E-state index in [-0.39, 0.29) is 29.5 Å². The molecule has 0 atom stereocenters. The van der Waals surface area contributed by atoms with Crippen LogP contribution < -0.4 is 5.32 Å². The summed E-state index contributed by atoms with van der Waals surface area (Å²) in [5.41, 5.74) is 1.14. The second-order valence-electron chi connectivity index (χ2n) is 4.72. The number of hydrogen-bond acceptors (Lipinski definition) is 4. The molecule has 1 N–H and O–H groups in total. The minimum absolute atomic E-state index is 0.107. The van der Waals surface area contributed by atoms with E-state index in [0.717, 1.165) is 5.56 Å². The van der Waals surface area contributed by atoms with Crippen molar-refractivity contribution in [2.75, 3.05) is 11.9 Å². The highest BCUT2D eigenvalue weighted by atomic mass is 79.9. The molecule has 0 aliphatic rings. The van der Waals surface area contributed by atoms with E-state index in [9.17, 15) is 9.59 Å². The van der Waals surface area contributed by atoms with Gasteiger partial charge in [0.15, 0.2) is 0 Å². The Labute approximate surface area is 153 Å². The third-order valence-corrected chi connectivity index (χ3v) is 3.75. The van der Waals surface area contributed by atoms with Gasteiger partial charge >= 0.3 is 12.1 Å². The molecule has 0 spiro atoms. The number of amides is 1. The molecule has 5 nitrogen and oxygen atoms in total. The Morgan fingerprint density at radius 1 is 1.17 bits per heavy atom. The Kier molecular flexibility index (Phi) is 6.63. The number of ether oxygens (including phenoxy) is 2. The highest BCUT2D eigenvalue weighted by molar-refractivity contribution is 9.10. The molecule has 2 aromatic carbocycles. The van der Waals surface area contributed by atoms with Gasteiger partial charge in [0.2, 0.25) is 0 Å². The van der Waals surface area contributed by atoms with Crippen molar-refractivity contribution in [3.05, 3.63) is 63.1 Å². The van der Waals surface area contributed by atoms with Crippen molar-refractivity contribution in [1.29, 1.82) is 0 Å². The molecule has 0 bridgehead atoms. The van der Waals surface area contributed by atoms with E-state index < -0.39 is 12.1 Å². The monoisotopic (exact) mass is 411 g/mol. The SMILES string of the molecule is CCOC(=O)c1cc(Br)cc(Cl)c1NC(=O)OCc1ccccc1. The van der Waals surface area contributed by atoms with Crippen LogP contribution in [0.15, 0.2) is 46.9 Å². The molecule has 1 amide bonds. The standard InChI is InChI=1S/C17H15BrClNO4/c1-2-23-16(21)13-8-12(18)9-14(19)15(13)20-17(22)24-10-11-6-4-3-5-7-11/h3-9H,2,10H2,1H3,(H,20,22). The van der Waals surface area contributed by atoms with Crippen LogP contribution in [-0.2, 0) is 16.1 Å². The Bertz CT molecular complexity index is 737. The van der Waals surface area contributed by atoms with Crippen molar-refractivity contribution in [1.82, 2.24) is 0 Å². The zero-order chi connectivity index (χ0) is 17.5. The minimum atomic E-state index is -0.714. The van der Waals surface area contributed by atoms with Crippen LogP contribution in [0.5, 0.6) is 0 Å². The van der Waals surface area contributed by atoms with E-state index in [4.69, 9.17) is 21.1 Å². The molecule has 24 heavy (non-hydrogen) atoms. The quantitative estimate of drug-likeness (QED) is 0.700. The number of benzene rings is 2. The van der Waals surface area contributed by atoms with Gasteiger partial charge < -0.3 is 9.47 Å². The van der Waals surface area contributed by atoms with Gasteiger partial charge in [0.25, 0.3) is 0 Å². The molecule has 7 heteroatoms. The van der Waals surface area contributed by atoms with Gasteiger partial charge in [0.05, 0.1) is 22.9 Å². The summed E-state index contributed by atoms with van der Waals surface area (Å²) >= 11 is 9.39. The molecule has 0 unspecified atom stereocenters. The summed E-state index contributed by atoms with van der Waals surface area (Å²) in [7, 11) is 0. The molecule has 0 saturated carbocycles. The largest absolute Gasteiger partial charge is 0.462 e. The fourth-order valence-electron chi connectivity index (χ4n) is 1.93. The molecular formula is C17H15BrClNO4. The number of esters is 1. The number of halogens is 2. The lowest BCUT2D eigenvalue weighted by Gasteiger charge is -2.13. The van der Waals surface area contributed by atoms with Crippen LogP contribution in [0.4, 0.5) is 10.5 Å². The van der Waals surface area contributed by atoms with Gasteiger partial charge in [-0.2, -0.15) is 0 Å². The molecule has 0 heterocycles. The molecule has 126 valence electrons. The molecule has 0 aliphatic heterocycles. The molecule has 2 aromatic rings. The Balaban J connectivity index is 2.13. The van der Waals surface area contributed by atoms with E-state index in [1.54, 1.807) is 13.0 Å². The fraction of sp³-hybridized carbons (Fsp3) is 0.176. The van der Waals surface area contributed by atoms with Gasteiger partial charge in [0.1, 0.15) is 6.61 Å². The lowest BCUT2D eigenvalue weighted by Crippen LogP contribution is -2.17. The van der Waals surface area contributed by atoms with Gasteiger partial charge in [-0.1, -0.05) is 57.9 Å². The highest BCUT2D eigenvalue weighted by Crippen LogP contribution is 2.31. The van der Waals surface area contributed by atoms with Gasteiger partial charge in [-0.25, -0.2) is 9.59 Å². The van der Waals surface area contributed by atoms with Crippen molar-refractivity contribution in [3.8, 4) is 0 Å². The minimum Gasteiger partial charge on any atom is -0.462 e. The predicted molar refractivity (Wildman–Crippen MR) is 95.4 cm³/mol. The van der Waals surface area contributed by atoms with Crippen LogP contribution in [0.1, 0.15) is 22.8 Å². The van der Waals surface area contributed by atoms with Crippen LogP contribution in [-0.4, -0.2) is 18.7 Å². The van der Waals surface area contributed by atoms with E-state index in [1.807, 2.05) is 30.3 Å². The maximum atomic E-state index is 12.0. The summed E-state index contributed by atoms with van der Waals surface area (Å²) < 4.78 is 10.7. The van der Waals surface area contributed by atoms with E-state index in [1.165, 1.54) is 6.07 Å². The van der Waals surface area contributed by atoms with Crippen molar-refractivity contribution in [3.63, 3.8) is 0 Å². The molecule has 0 radical (unpaired) electrons. The Hall–Kier alpha value is -2.05. The second-order valence-corrected chi connectivity index (χ2v) is 6.04. The van der Waals surface area contributed by atoms with Crippen molar-refractivity contribution < 1.29 is 19.1 Å². The molecule has 0 saturated heterocycles. The van der Waals surface area contributed by atoms with Crippen LogP contribution in [0.3, 0.4) is 0 Å². The third kappa shape index (κ3) is 4.97. The number of hydrogen-bond donors (Lipinski definition) is 1. The smallest absolute Gasteiger partial charge is 0.412 e. The first kappa shape index (κ1) is 18.3. The van der Waals surface area contributed by atoms with E-state index >= 15 is 0 Å². The van der Waals surface area contributed by atoms with Crippen LogP contribution in [0.2, 0.25) is 5.02 Å². The Morgan fingerprint density at radius 3 is 2.54 bits per heavy atom. The number of rotatable bonds is 5.